The quantitative estimate of drug-likeness (QED) is 0.672. The van der Waals surface area contributed by atoms with E-state index in [1.54, 1.807) is 0 Å². The van der Waals surface area contributed by atoms with E-state index in [9.17, 15) is 9.59 Å². The second-order valence-corrected chi connectivity index (χ2v) is 4.98. The largest absolute Gasteiger partial charge is 0.481 e. The molecule has 0 bridgehead atoms. The van der Waals surface area contributed by atoms with Crippen molar-refractivity contribution in [1.29, 1.82) is 0 Å². The SMILES string of the molecule is CC1CCCCN1CCCNC(=O)CCC(=O)O. The van der Waals surface area contributed by atoms with Crippen molar-refractivity contribution in [3.63, 3.8) is 0 Å². The van der Waals surface area contributed by atoms with Gasteiger partial charge in [0.25, 0.3) is 0 Å². The van der Waals surface area contributed by atoms with Crippen molar-refractivity contribution in [3.8, 4) is 0 Å². The minimum atomic E-state index is -0.924. The number of carbonyl (C=O) groups is 2. The van der Waals surface area contributed by atoms with Crippen LogP contribution in [0.25, 0.3) is 0 Å². The van der Waals surface area contributed by atoms with Crippen molar-refractivity contribution in [1.82, 2.24) is 10.2 Å². The zero-order valence-electron chi connectivity index (χ0n) is 11.2. The fourth-order valence-corrected chi connectivity index (χ4v) is 2.31. The van der Waals surface area contributed by atoms with Crippen LogP contribution in [-0.2, 0) is 9.59 Å². The summed E-state index contributed by atoms with van der Waals surface area (Å²) >= 11 is 0. The molecule has 5 heteroatoms. The molecule has 5 nitrogen and oxygen atoms in total. The number of carboxylic acids is 1. The molecule has 0 radical (unpaired) electrons. The summed E-state index contributed by atoms with van der Waals surface area (Å²) in [6, 6.07) is 0.654. The van der Waals surface area contributed by atoms with Crippen molar-refractivity contribution < 1.29 is 14.7 Å². The average molecular weight is 256 g/mol. The molecule has 18 heavy (non-hydrogen) atoms. The van der Waals surface area contributed by atoms with Crippen molar-refractivity contribution in [3.05, 3.63) is 0 Å². The minimum Gasteiger partial charge on any atom is -0.481 e. The molecule has 0 saturated carbocycles. The molecule has 1 aliphatic rings. The lowest BCUT2D eigenvalue weighted by molar-refractivity contribution is -0.138. The van der Waals surface area contributed by atoms with Gasteiger partial charge in [-0.15, -0.1) is 0 Å². The Labute approximate surface area is 109 Å². The maximum Gasteiger partial charge on any atom is 0.303 e. The fraction of sp³-hybridized carbons (Fsp3) is 0.846. The lowest BCUT2D eigenvalue weighted by Gasteiger charge is -2.33. The number of hydrogen-bond donors (Lipinski definition) is 2. The van der Waals surface area contributed by atoms with Crippen molar-refractivity contribution in [2.75, 3.05) is 19.6 Å². The molecule has 2 N–H and O–H groups in total. The summed E-state index contributed by atoms with van der Waals surface area (Å²) in [5, 5.41) is 11.2. The van der Waals surface area contributed by atoms with Gasteiger partial charge in [-0.3, -0.25) is 9.59 Å². The Bertz CT molecular complexity index is 281. The maximum atomic E-state index is 11.3. The Kier molecular flexibility index (Phi) is 6.72. The number of nitrogens with zero attached hydrogens (tertiary/aromatic N) is 1. The zero-order chi connectivity index (χ0) is 13.4. The van der Waals surface area contributed by atoms with Gasteiger partial charge in [0.2, 0.25) is 5.91 Å². The first-order valence-corrected chi connectivity index (χ1v) is 6.82. The number of nitrogens with one attached hydrogen (secondary N) is 1. The van der Waals surface area contributed by atoms with E-state index >= 15 is 0 Å². The van der Waals surface area contributed by atoms with E-state index in [0.717, 1.165) is 19.5 Å². The van der Waals surface area contributed by atoms with Crippen LogP contribution in [0.3, 0.4) is 0 Å². The highest BCUT2D eigenvalue weighted by atomic mass is 16.4. The number of aliphatic carboxylic acids is 1. The molecule has 1 heterocycles. The first-order chi connectivity index (χ1) is 8.59. The molecule has 1 saturated heterocycles. The first-order valence-electron chi connectivity index (χ1n) is 6.82. The Hall–Kier alpha value is -1.10. The highest BCUT2D eigenvalue weighted by Crippen LogP contribution is 2.15. The van der Waals surface area contributed by atoms with E-state index in [0.29, 0.717) is 12.6 Å². The van der Waals surface area contributed by atoms with E-state index in [4.69, 9.17) is 5.11 Å². The number of likely N-dealkylation sites (tertiary alicyclic amines) is 1. The molecule has 1 fully saturated rings. The highest BCUT2D eigenvalue weighted by Gasteiger charge is 2.17. The lowest BCUT2D eigenvalue weighted by Crippen LogP contribution is -2.39. The second-order valence-electron chi connectivity index (χ2n) is 4.98. The predicted molar refractivity (Wildman–Crippen MR) is 69.4 cm³/mol. The first kappa shape index (κ1) is 15.0. The number of piperidine rings is 1. The van der Waals surface area contributed by atoms with Gasteiger partial charge >= 0.3 is 5.97 Å². The Balaban J connectivity index is 2.03. The summed E-state index contributed by atoms with van der Waals surface area (Å²) in [5.41, 5.74) is 0. The van der Waals surface area contributed by atoms with Crippen LogP contribution >= 0.6 is 0 Å². The molecule has 0 aromatic heterocycles. The van der Waals surface area contributed by atoms with Crippen LogP contribution in [0.4, 0.5) is 0 Å². The normalized spacial score (nSPS) is 20.6. The molecule has 0 spiro atoms. The van der Waals surface area contributed by atoms with E-state index in [2.05, 4.69) is 17.1 Å². The highest BCUT2D eigenvalue weighted by molar-refractivity contribution is 5.80. The second kappa shape index (κ2) is 8.08. The third-order valence-electron chi connectivity index (χ3n) is 3.45. The third kappa shape index (κ3) is 6.00. The standard InChI is InChI=1S/C13H24N2O3/c1-11-5-2-3-9-15(11)10-4-8-14-12(16)6-7-13(17)18/h11H,2-10H2,1H3,(H,14,16)(H,17,18). The van der Waals surface area contributed by atoms with Crippen LogP contribution in [0.2, 0.25) is 0 Å². The van der Waals surface area contributed by atoms with Crippen LogP contribution in [0.15, 0.2) is 0 Å². The molecular formula is C13H24N2O3. The average Bonchev–Trinajstić information content (AvgIpc) is 2.34. The van der Waals surface area contributed by atoms with E-state index < -0.39 is 5.97 Å². The number of rotatable bonds is 7. The fourth-order valence-electron chi connectivity index (χ4n) is 2.31. The van der Waals surface area contributed by atoms with E-state index in [1.165, 1.54) is 19.3 Å². The lowest BCUT2D eigenvalue weighted by atomic mass is 10.0. The number of carbonyl (C=O) groups excluding carboxylic acids is 1. The molecular weight excluding hydrogens is 232 g/mol. The summed E-state index contributed by atoms with van der Waals surface area (Å²) in [4.78, 5) is 24.0. The molecule has 1 amide bonds. The molecule has 1 unspecified atom stereocenters. The zero-order valence-corrected chi connectivity index (χ0v) is 11.2. The molecule has 1 atom stereocenters. The van der Waals surface area contributed by atoms with Crippen LogP contribution < -0.4 is 5.32 Å². The smallest absolute Gasteiger partial charge is 0.303 e. The van der Waals surface area contributed by atoms with Gasteiger partial charge < -0.3 is 15.3 Å². The molecule has 1 rings (SSSR count). The van der Waals surface area contributed by atoms with Gasteiger partial charge in [0.05, 0.1) is 6.42 Å². The summed E-state index contributed by atoms with van der Waals surface area (Å²) < 4.78 is 0. The molecule has 104 valence electrons. The summed E-state index contributed by atoms with van der Waals surface area (Å²) in [6.07, 6.45) is 4.79. The number of amides is 1. The van der Waals surface area contributed by atoms with Gasteiger partial charge in [-0.25, -0.2) is 0 Å². The van der Waals surface area contributed by atoms with E-state index in [-0.39, 0.29) is 18.7 Å². The number of carboxylic acid groups (broad SMARTS) is 1. The van der Waals surface area contributed by atoms with Crippen molar-refractivity contribution in [2.24, 2.45) is 0 Å². The van der Waals surface area contributed by atoms with Gasteiger partial charge in [-0.05, 0) is 32.7 Å². The molecule has 0 aromatic carbocycles. The summed E-state index contributed by atoms with van der Waals surface area (Å²) in [7, 11) is 0. The Morgan fingerprint density at radius 3 is 2.78 bits per heavy atom. The Morgan fingerprint density at radius 1 is 1.33 bits per heavy atom. The Morgan fingerprint density at radius 2 is 2.11 bits per heavy atom. The van der Waals surface area contributed by atoms with Crippen LogP contribution in [0.1, 0.15) is 45.4 Å². The van der Waals surface area contributed by atoms with Gasteiger partial charge in [-0.2, -0.15) is 0 Å². The minimum absolute atomic E-state index is 0.0788. The monoisotopic (exact) mass is 256 g/mol. The van der Waals surface area contributed by atoms with Crippen LogP contribution in [0.5, 0.6) is 0 Å². The van der Waals surface area contributed by atoms with Crippen LogP contribution in [-0.4, -0.2) is 47.6 Å². The summed E-state index contributed by atoms with van der Waals surface area (Å²) in [5.74, 6) is -1.09. The molecule has 1 aliphatic heterocycles. The van der Waals surface area contributed by atoms with Gasteiger partial charge in [0.15, 0.2) is 0 Å². The molecule has 0 aliphatic carbocycles. The topological polar surface area (TPSA) is 69.6 Å². The van der Waals surface area contributed by atoms with Gasteiger partial charge in [0, 0.05) is 25.6 Å². The van der Waals surface area contributed by atoms with Crippen molar-refractivity contribution >= 4 is 11.9 Å². The van der Waals surface area contributed by atoms with Gasteiger partial charge in [-0.1, -0.05) is 6.42 Å². The summed E-state index contributed by atoms with van der Waals surface area (Å²) in [6.45, 7) is 5.07. The van der Waals surface area contributed by atoms with Gasteiger partial charge in [0.1, 0.15) is 0 Å². The van der Waals surface area contributed by atoms with Crippen LogP contribution in [0, 0.1) is 0 Å². The third-order valence-corrected chi connectivity index (χ3v) is 3.45. The van der Waals surface area contributed by atoms with E-state index in [1.807, 2.05) is 0 Å². The predicted octanol–water partition coefficient (Wildman–Crippen LogP) is 1.23. The number of hydrogen-bond acceptors (Lipinski definition) is 3. The van der Waals surface area contributed by atoms with Crippen molar-refractivity contribution in [2.45, 2.75) is 51.5 Å². The molecule has 0 aromatic rings. The maximum absolute atomic E-state index is 11.3.